The van der Waals surface area contributed by atoms with E-state index >= 15 is 0 Å². The molecule has 0 radical (unpaired) electrons. The van der Waals surface area contributed by atoms with E-state index in [1.165, 1.54) is 10.4 Å². The Kier molecular flexibility index (Phi) is 5.28. The quantitative estimate of drug-likeness (QED) is 0.794. The lowest BCUT2D eigenvalue weighted by molar-refractivity contribution is 0.558. The van der Waals surface area contributed by atoms with E-state index in [0.29, 0.717) is 6.04 Å². The average Bonchev–Trinajstić information content (AvgIpc) is 2.69. The van der Waals surface area contributed by atoms with Crippen LogP contribution in [-0.2, 0) is 6.42 Å². The van der Waals surface area contributed by atoms with Gasteiger partial charge in [0.25, 0.3) is 0 Å². The molecular formula is C15H17Cl2NS. The van der Waals surface area contributed by atoms with Crippen molar-refractivity contribution in [1.29, 1.82) is 0 Å². The van der Waals surface area contributed by atoms with Crippen molar-refractivity contribution in [2.24, 2.45) is 0 Å². The fourth-order valence-electron chi connectivity index (χ4n) is 2.07. The number of hydrogen-bond acceptors (Lipinski definition) is 2. The van der Waals surface area contributed by atoms with Crippen LogP contribution in [0.4, 0.5) is 0 Å². The zero-order valence-corrected chi connectivity index (χ0v) is 13.4. The van der Waals surface area contributed by atoms with Gasteiger partial charge in [-0.1, -0.05) is 42.3 Å². The number of benzene rings is 1. The first kappa shape index (κ1) is 14.9. The first-order valence-corrected chi connectivity index (χ1v) is 7.91. The monoisotopic (exact) mass is 313 g/mol. The van der Waals surface area contributed by atoms with E-state index in [1.54, 1.807) is 11.3 Å². The molecule has 1 N–H and O–H groups in total. The smallest absolute Gasteiger partial charge is 0.0960 e. The Hall–Kier alpha value is -0.540. The van der Waals surface area contributed by atoms with E-state index in [1.807, 2.05) is 25.1 Å². The molecule has 1 atom stereocenters. The summed E-state index contributed by atoms with van der Waals surface area (Å²) in [5.41, 5.74) is 2.39. The van der Waals surface area contributed by atoms with Gasteiger partial charge in [0.15, 0.2) is 0 Å². The molecule has 0 saturated heterocycles. The maximum absolute atomic E-state index is 6.17. The Morgan fingerprint density at radius 3 is 2.63 bits per heavy atom. The molecule has 0 fully saturated rings. The Morgan fingerprint density at radius 2 is 2.05 bits per heavy atom. The zero-order valence-electron chi connectivity index (χ0n) is 11.0. The van der Waals surface area contributed by atoms with Gasteiger partial charge in [-0.05, 0) is 49.2 Å². The van der Waals surface area contributed by atoms with E-state index in [-0.39, 0.29) is 0 Å². The molecule has 2 rings (SSSR count). The van der Waals surface area contributed by atoms with Gasteiger partial charge in [0.2, 0.25) is 0 Å². The van der Waals surface area contributed by atoms with E-state index in [9.17, 15) is 0 Å². The maximum Gasteiger partial charge on any atom is 0.0960 e. The topological polar surface area (TPSA) is 12.0 Å². The Labute approximate surface area is 128 Å². The fraction of sp³-hybridized carbons (Fsp3) is 0.333. The lowest BCUT2D eigenvalue weighted by atomic mass is 10.0. The standard InChI is InChI=1S/C15H17Cl2NS/c1-3-18-13(14-7-10(2)15(17)19-14)9-11-5-4-6-12(16)8-11/h4-8,13,18H,3,9H2,1-2H3. The number of aryl methyl sites for hydroxylation is 1. The molecule has 4 heteroatoms. The molecule has 19 heavy (non-hydrogen) atoms. The van der Waals surface area contributed by atoms with Crippen LogP contribution in [0.25, 0.3) is 0 Å². The molecule has 0 saturated carbocycles. The van der Waals surface area contributed by atoms with Gasteiger partial charge in [-0.25, -0.2) is 0 Å². The Morgan fingerprint density at radius 1 is 1.26 bits per heavy atom. The molecule has 0 amide bonds. The predicted molar refractivity (Wildman–Crippen MR) is 85.6 cm³/mol. The second-order valence-electron chi connectivity index (χ2n) is 4.55. The van der Waals surface area contributed by atoms with Crippen LogP contribution >= 0.6 is 34.5 Å². The highest BCUT2D eigenvalue weighted by molar-refractivity contribution is 7.16. The normalized spacial score (nSPS) is 12.6. The van der Waals surface area contributed by atoms with Crippen LogP contribution in [0.1, 0.15) is 29.0 Å². The van der Waals surface area contributed by atoms with Gasteiger partial charge >= 0.3 is 0 Å². The van der Waals surface area contributed by atoms with Crippen molar-refractivity contribution in [1.82, 2.24) is 5.32 Å². The second-order valence-corrected chi connectivity index (χ2v) is 6.67. The van der Waals surface area contributed by atoms with Gasteiger partial charge < -0.3 is 5.32 Å². The molecule has 0 aliphatic heterocycles. The van der Waals surface area contributed by atoms with Gasteiger partial charge in [-0.3, -0.25) is 0 Å². The van der Waals surface area contributed by atoms with E-state index in [4.69, 9.17) is 23.2 Å². The molecule has 0 spiro atoms. The summed E-state index contributed by atoms with van der Waals surface area (Å²) in [5.74, 6) is 0. The number of nitrogens with one attached hydrogen (secondary N) is 1. The van der Waals surface area contributed by atoms with Crippen molar-refractivity contribution in [3.63, 3.8) is 0 Å². The zero-order chi connectivity index (χ0) is 13.8. The number of rotatable bonds is 5. The summed E-state index contributed by atoms with van der Waals surface area (Å²) in [6.07, 6.45) is 0.921. The number of hydrogen-bond donors (Lipinski definition) is 1. The van der Waals surface area contributed by atoms with Crippen LogP contribution in [0.5, 0.6) is 0 Å². The SMILES string of the molecule is CCNC(Cc1cccc(Cl)c1)c1cc(C)c(Cl)s1. The molecule has 0 aliphatic rings. The first-order valence-electron chi connectivity index (χ1n) is 6.33. The lowest BCUT2D eigenvalue weighted by Gasteiger charge is -2.16. The molecule has 0 bridgehead atoms. The summed E-state index contributed by atoms with van der Waals surface area (Å²) in [6, 6.07) is 10.5. The fourth-order valence-corrected chi connectivity index (χ4v) is 3.58. The van der Waals surface area contributed by atoms with Crippen molar-refractivity contribution in [2.45, 2.75) is 26.3 Å². The van der Waals surface area contributed by atoms with Crippen LogP contribution in [0.2, 0.25) is 9.36 Å². The Balaban J connectivity index is 2.20. The summed E-state index contributed by atoms with van der Waals surface area (Å²) in [6.45, 7) is 5.09. The van der Waals surface area contributed by atoms with Crippen LogP contribution in [0, 0.1) is 6.92 Å². The molecule has 0 aliphatic carbocycles. The highest BCUT2D eigenvalue weighted by atomic mass is 35.5. The van der Waals surface area contributed by atoms with Gasteiger partial charge in [-0.15, -0.1) is 11.3 Å². The third kappa shape index (κ3) is 3.96. The minimum Gasteiger partial charge on any atom is -0.309 e. The second kappa shape index (κ2) is 6.76. The van der Waals surface area contributed by atoms with E-state index < -0.39 is 0 Å². The number of thiophene rings is 1. The van der Waals surface area contributed by atoms with E-state index in [2.05, 4.69) is 24.4 Å². The van der Waals surface area contributed by atoms with Crippen LogP contribution in [0.15, 0.2) is 30.3 Å². The van der Waals surface area contributed by atoms with Gasteiger partial charge in [0.05, 0.1) is 4.34 Å². The lowest BCUT2D eigenvalue weighted by Crippen LogP contribution is -2.22. The highest BCUT2D eigenvalue weighted by Gasteiger charge is 2.15. The summed E-state index contributed by atoms with van der Waals surface area (Å²) in [4.78, 5) is 1.28. The Bertz CT molecular complexity index is 531. The molecule has 102 valence electrons. The van der Waals surface area contributed by atoms with Crippen molar-refractivity contribution in [2.75, 3.05) is 6.54 Å². The average molecular weight is 314 g/mol. The summed E-state index contributed by atoms with van der Waals surface area (Å²) in [5, 5.41) is 4.30. The number of halogens is 2. The van der Waals surface area contributed by atoms with Crippen molar-refractivity contribution in [3.8, 4) is 0 Å². The first-order chi connectivity index (χ1) is 9.10. The van der Waals surface area contributed by atoms with Crippen LogP contribution in [-0.4, -0.2) is 6.54 Å². The molecule has 1 aromatic heterocycles. The van der Waals surface area contributed by atoms with Crippen molar-refractivity contribution < 1.29 is 0 Å². The highest BCUT2D eigenvalue weighted by Crippen LogP contribution is 2.32. The predicted octanol–water partition coefficient (Wildman–Crippen LogP) is 5.26. The van der Waals surface area contributed by atoms with Gasteiger partial charge in [0.1, 0.15) is 0 Å². The molecular weight excluding hydrogens is 297 g/mol. The molecule has 1 aromatic carbocycles. The molecule has 1 nitrogen and oxygen atoms in total. The molecule has 2 aromatic rings. The third-order valence-electron chi connectivity index (χ3n) is 3.00. The van der Waals surface area contributed by atoms with Crippen molar-refractivity contribution in [3.05, 3.63) is 55.7 Å². The van der Waals surface area contributed by atoms with Crippen LogP contribution < -0.4 is 5.32 Å². The summed E-state index contributed by atoms with van der Waals surface area (Å²) >= 11 is 13.9. The van der Waals surface area contributed by atoms with Crippen molar-refractivity contribution >= 4 is 34.5 Å². The molecule has 1 heterocycles. The largest absolute Gasteiger partial charge is 0.309 e. The summed E-state index contributed by atoms with van der Waals surface area (Å²) in [7, 11) is 0. The number of likely N-dealkylation sites (N-methyl/N-ethyl adjacent to an activating group) is 1. The minimum absolute atomic E-state index is 0.291. The van der Waals surface area contributed by atoms with Gasteiger partial charge in [-0.2, -0.15) is 0 Å². The summed E-state index contributed by atoms with van der Waals surface area (Å²) < 4.78 is 0.879. The van der Waals surface area contributed by atoms with Gasteiger partial charge in [0, 0.05) is 15.9 Å². The maximum atomic E-state index is 6.17. The third-order valence-corrected chi connectivity index (χ3v) is 4.90. The van der Waals surface area contributed by atoms with E-state index in [0.717, 1.165) is 27.9 Å². The molecule has 1 unspecified atom stereocenters. The van der Waals surface area contributed by atoms with Crippen LogP contribution in [0.3, 0.4) is 0 Å². The minimum atomic E-state index is 0.291.